The molecule has 86 valence electrons. The Morgan fingerprint density at radius 3 is 2.88 bits per heavy atom. The van der Waals surface area contributed by atoms with E-state index in [9.17, 15) is 4.79 Å². The molecule has 0 atom stereocenters. The number of ketones is 1. The van der Waals surface area contributed by atoms with Crippen molar-refractivity contribution in [3.05, 3.63) is 29.3 Å². The van der Waals surface area contributed by atoms with Crippen LogP contribution in [0.5, 0.6) is 0 Å². The van der Waals surface area contributed by atoms with Gasteiger partial charge in [0.1, 0.15) is 6.34 Å². The molecule has 16 heavy (non-hydrogen) atoms. The molecule has 4 nitrogen and oxygen atoms in total. The van der Waals surface area contributed by atoms with Crippen LogP contribution in [0.3, 0.4) is 0 Å². The average Bonchev–Trinajstić information content (AvgIpc) is 2.27. The fraction of sp³-hybridized carbons (Fsp3) is 0.333. The third-order valence-corrected chi connectivity index (χ3v) is 2.26. The predicted octanol–water partition coefficient (Wildman–Crippen LogP) is 2.62. The van der Waals surface area contributed by atoms with E-state index in [1.807, 2.05) is 25.4 Å². The predicted molar refractivity (Wildman–Crippen MR) is 63.5 cm³/mol. The van der Waals surface area contributed by atoms with Crippen LogP contribution in [-0.2, 0) is 0 Å². The Labute approximate surface area is 95.0 Å². The fourth-order valence-electron chi connectivity index (χ4n) is 1.44. The Kier molecular flexibility index (Phi) is 4.66. The molecule has 0 aliphatic rings. The molecule has 0 aliphatic heterocycles. The van der Waals surface area contributed by atoms with Crippen molar-refractivity contribution in [3.8, 4) is 0 Å². The van der Waals surface area contributed by atoms with E-state index in [-0.39, 0.29) is 5.78 Å². The number of carbonyl (C=O) groups excluding carboxylic acids is 1. The van der Waals surface area contributed by atoms with E-state index < -0.39 is 0 Å². The van der Waals surface area contributed by atoms with Gasteiger partial charge in [0.2, 0.25) is 0 Å². The number of aliphatic imine (C=N–C) groups is 1. The summed E-state index contributed by atoms with van der Waals surface area (Å²) in [5, 5.41) is 8.38. The van der Waals surface area contributed by atoms with Gasteiger partial charge in [0.05, 0.1) is 5.69 Å². The summed E-state index contributed by atoms with van der Waals surface area (Å²) >= 11 is 0. The molecule has 4 heteroatoms. The first-order valence-corrected chi connectivity index (χ1v) is 5.25. The molecule has 0 saturated carbocycles. The average molecular weight is 220 g/mol. The highest BCUT2D eigenvalue weighted by atomic mass is 16.5. The second-order valence-electron chi connectivity index (χ2n) is 3.56. The maximum Gasteiger partial charge on any atom is 0.162 e. The van der Waals surface area contributed by atoms with Gasteiger partial charge < -0.3 is 0 Å². The van der Waals surface area contributed by atoms with Crippen molar-refractivity contribution < 1.29 is 10.0 Å². The zero-order chi connectivity index (χ0) is 12.0. The normalized spacial score (nSPS) is 10.7. The Hall–Kier alpha value is -1.68. The van der Waals surface area contributed by atoms with Crippen LogP contribution in [0.1, 0.15) is 35.7 Å². The molecule has 2 N–H and O–H groups in total. The highest BCUT2D eigenvalue weighted by molar-refractivity contribution is 5.96. The van der Waals surface area contributed by atoms with Gasteiger partial charge in [-0.1, -0.05) is 6.92 Å². The molecule has 0 radical (unpaired) electrons. The van der Waals surface area contributed by atoms with Crippen LogP contribution in [-0.4, -0.2) is 17.3 Å². The van der Waals surface area contributed by atoms with E-state index in [1.165, 1.54) is 6.34 Å². The first kappa shape index (κ1) is 12.4. The van der Waals surface area contributed by atoms with Crippen molar-refractivity contribution in [2.45, 2.75) is 26.7 Å². The lowest BCUT2D eigenvalue weighted by atomic mass is 10.0. The Morgan fingerprint density at radius 1 is 1.56 bits per heavy atom. The van der Waals surface area contributed by atoms with Crippen LogP contribution in [0.2, 0.25) is 0 Å². The number of rotatable bonds is 5. The number of hydroxylamine groups is 1. The minimum Gasteiger partial charge on any atom is -0.294 e. The van der Waals surface area contributed by atoms with Crippen LogP contribution in [0.25, 0.3) is 0 Å². The van der Waals surface area contributed by atoms with Gasteiger partial charge in [-0.15, -0.1) is 0 Å². The van der Waals surface area contributed by atoms with Gasteiger partial charge in [-0.05, 0) is 37.1 Å². The second kappa shape index (κ2) is 6.02. The summed E-state index contributed by atoms with van der Waals surface area (Å²) in [6, 6.07) is 5.35. The second-order valence-corrected chi connectivity index (χ2v) is 3.56. The lowest BCUT2D eigenvalue weighted by molar-refractivity contribution is 0.0981. The standard InChI is InChI=1S/C12H16N2O2/c1-3-4-12(15)10-5-6-11(9(2)7-10)13-8-14-16/h5-8,16H,3-4H2,1-2H3,(H,13,14). The van der Waals surface area contributed by atoms with Gasteiger partial charge >= 0.3 is 0 Å². The van der Waals surface area contributed by atoms with Gasteiger partial charge in [-0.2, -0.15) is 0 Å². The third kappa shape index (κ3) is 3.17. The number of nitrogens with one attached hydrogen (secondary N) is 1. The molecular formula is C12H16N2O2. The van der Waals surface area contributed by atoms with Crippen LogP contribution < -0.4 is 5.48 Å². The van der Waals surface area contributed by atoms with Crippen molar-refractivity contribution in [2.24, 2.45) is 4.99 Å². The molecule has 1 rings (SSSR count). The maximum absolute atomic E-state index is 11.6. The number of carbonyl (C=O) groups is 1. The van der Waals surface area contributed by atoms with E-state index >= 15 is 0 Å². The molecule has 1 aromatic carbocycles. The van der Waals surface area contributed by atoms with Gasteiger partial charge in [0, 0.05) is 12.0 Å². The third-order valence-electron chi connectivity index (χ3n) is 2.26. The first-order chi connectivity index (χ1) is 7.69. The molecular weight excluding hydrogens is 204 g/mol. The molecule has 0 heterocycles. The number of Topliss-reactive ketones (excluding diaryl/α,β-unsaturated/α-hetero) is 1. The number of nitrogens with zero attached hydrogens (tertiary/aromatic N) is 1. The SMILES string of the molecule is CCCC(=O)c1ccc(N=CNO)c(C)c1. The number of hydrogen-bond acceptors (Lipinski definition) is 3. The monoisotopic (exact) mass is 220 g/mol. The number of hydrogen-bond donors (Lipinski definition) is 2. The number of aryl methyl sites for hydroxylation is 1. The molecule has 0 amide bonds. The minimum atomic E-state index is 0.154. The summed E-state index contributed by atoms with van der Waals surface area (Å²) in [4.78, 5) is 15.6. The zero-order valence-electron chi connectivity index (χ0n) is 9.53. The Bertz CT molecular complexity index is 400. The van der Waals surface area contributed by atoms with E-state index in [1.54, 1.807) is 12.1 Å². The molecule has 0 unspecified atom stereocenters. The van der Waals surface area contributed by atoms with Crippen molar-refractivity contribution in [3.63, 3.8) is 0 Å². The summed E-state index contributed by atoms with van der Waals surface area (Å²) in [5.74, 6) is 0.154. The van der Waals surface area contributed by atoms with E-state index in [4.69, 9.17) is 5.21 Å². The van der Waals surface area contributed by atoms with E-state index in [0.717, 1.165) is 23.2 Å². The summed E-state index contributed by atoms with van der Waals surface area (Å²) in [7, 11) is 0. The highest BCUT2D eigenvalue weighted by Gasteiger charge is 2.06. The largest absolute Gasteiger partial charge is 0.294 e. The highest BCUT2D eigenvalue weighted by Crippen LogP contribution is 2.20. The molecule has 0 aliphatic carbocycles. The Morgan fingerprint density at radius 2 is 2.31 bits per heavy atom. The molecule has 0 bridgehead atoms. The van der Waals surface area contributed by atoms with Crippen LogP contribution in [0.15, 0.2) is 23.2 Å². The van der Waals surface area contributed by atoms with E-state index in [2.05, 4.69) is 4.99 Å². The topological polar surface area (TPSA) is 61.7 Å². The first-order valence-electron chi connectivity index (χ1n) is 5.25. The van der Waals surface area contributed by atoms with Gasteiger partial charge in [-0.25, -0.2) is 4.99 Å². The summed E-state index contributed by atoms with van der Waals surface area (Å²) in [6.07, 6.45) is 2.61. The zero-order valence-corrected chi connectivity index (χ0v) is 9.53. The van der Waals surface area contributed by atoms with Crippen LogP contribution >= 0.6 is 0 Å². The maximum atomic E-state index is 11.6. The van der Waals surface area contributed by atoms with Crippen molar-refractivity contribution in [1.82, 2.24) is 5.48 Å². The molecule has 0 spiro atoms. The summed E-state index contributed by atoms with van der Waals surface area (Å²) < 4.78 is 0. The van der Waals surface area contributed by atoms with Crippen LogP contribution in [0.4, 0.5) is 5.69 Å². The van der Waals surface area contributed by atoms with Gasteiger partial charge in [0.15, 0.2) is 5.78 Å². The van der Waals surface area contributed by atoms with E-state index in [0.29, 0.717) is 6.42 Å². The lowest BCUT2D eigenvalue weighted by Gasteiger charge is -2.03. The minimum absolute atomic E-state index is 0.154. The van der Waals surface area contributed by atoms with Crippen molar-refractivity contribution >= 4 is 17.8 Å². The molecule has 0 fully saturated rings. The lowest BCUT2D eigenvalue weighted by Crippen LogP contribution is -2.01. The molecule has 1 aromatic rings. The fourth-order valence-corrected chi connectivity index (χ4v) is 1.44. The van der Waals surface area contributed by atoms with Crippen molar-refractivity contribution in [2.75, 3.05) is 0 Å². The van der Waals surface area contributed by atoms with Crippen molar-refractivity contribution in [1.29, 1.82) is 0 Å². The van der Waals surface area contributed by atoms with Crippen LogP contribution in [0, 0.1) is 6.92 Å². The molecule has 0 aromatic heterocycles. The number of benzene rings is 1. The summed E-state index contributed by atoms with van der Waals surface area (Å²) in [5.41, 5.74) is 4.20. The quantitative estimate of drug-likeness (QED) is 0.347. The molecule has 0 saturated heterocycles. The Balaban J connectivity index is 2.90. The summed E-state index contributed by atoms with van der Waals surface area (Å²) in [6.45, 7) is 3.86. The van der Waals surface area contributed by atoms with Gasteiger partial charge in [-0.3, -0.25) is 15.5 Å². The smallest absolute Gasteiger partial charge is 0.162 e. The van der Waals surface area contributed by atoms with Gasteiger partial charge in [0.25, 0.3) is 0 Å².